The molecule has 2 heterocycles. The van der Waals surface area contributed by atoms with E-state index in [2.05, 4.69) is 58.1 Å². The first-order chi connectivity index (χ1) is 15.1. The number of aromatic carboxylic acids is 1. The van der Waals surface area contributed by atoms with E-state index in [9.17, 15) is 9.90 Å². The Balaban J connectivity index is 1.32. The summed E-state index contributed by atoms with van der Waals surface area (Å²) in [6, 6.07) is 19.9. The summed E-state index contributed by atoms with van der Waals surface area (Å²) < 4.78 is 5.98. The molecule has 1 saturated heterocycles. The fourth-order valence-corrected chi connectivity index (χ4v) is 3.78. The van der Waals surface area contributed by atoms with Crippen LogP contribution in [0.15, 0.2) is 66.9 Å². The van der Waals surface area contributed by atoms with Gasteiger partial charge in [0.15, 0.2) is 0 Å². The van der Waals surface area contributed by atoms with Crippen LogP contribution in [0.3, 0.4) is 0 Å². The fourth-order valence-electron chi connectivity index (χ4n) is 3.78. The van der Waals surface area contributed by atoms with Crippen molar-refractivity contribution in [2.75, 3.05) is 31.1 Å². The van der Waals surface area contributed by atoms with Gasteiger partial charge in [-0.3, -0.25) is 4.90 Å². The number of carboxylic acids is 1. The van der Waals surface area contributed by atoms with Crippen molar-refractivity contribution in [1.29, 1.82) is 0 Å². The topological polar surface area (TPSA) is 65.9 Å². The number of piperazine rings is 1. The van der Waals surface area contributed by atoms with Gasteiger partial charge >= 0.3 is 5.97 Å². The number of rotatable bonds is 7. The fraction of sp³-hybridized carbons (Fsp3) is 0.280. The molecule has 1 N–H and O–H groups in total. The molecule has 1 aromatic heterocycles. The summed E-state index contributed by atoms with van der Waals surface area (Å²) in [4.78, 5) is 20.2. The molecule has 31 heavy (non-hydrogen) atoms. The Morgan fingerprint density at radius 1 is 1.00 bits per heavy atom. The van der Waals surface area contributed by atoms with Gasteiger partial charge in [0.2, 0.25) is 0 Å². The quantitative estimate of drug-likeness (QED) is 0.627. The van der Waals surface area contributed by atoms with Crippen molar-refractivity contribution < 1.29 is 14.6 Å². The number of hydrogen-bond donors (Lipinski definition) is 1. The van der Waals surface area contributed by atoms with Crippen molar-refractivity contribution in [2.24, 2.45) is 0 Å². The number of hydrogen-bond acceptors (Lipinski definition) is 5. The lowest BCUT2D eigenvalue weighted by Crippen LogP contribution is -2.46. The summed E-state index contributed by atoms with van der Waals surface area (Å²) in [5.74, 6) is 0.491. The summed E-state index contributed by atoms with van der Waals surface area (Å²) in [5.41, 5.74) is 3.86. The van der Waals surface area contributed by atoms with Gasteiger partial charge in [-0.05, 0) is 42.3 Å². The number of carbonyl (C=O) groups is 1. The van der Waals surface area contributed by atoms with Crippen molar-refractivity contribution in [3.63, 3.8) is 0 Å². The average molecular weight is 418 g/mol. The Bertz CT molecular complexity index is 1030. The van der Waals surface area contributed by atoms with Crippen molar-refractivity contribution in [2.45, 2.75) is 20.1 Å². The first kappa shape index (κ1) is 20.9. The highest BCUT2D eigenvalue weighted by atomic mass is 16.5. The van der Waals surface area contributed by atoms with Crippen LogP contribution in [-0.4, -0.2) is 47.1 Å². The monoisotopic (exact) mass is 417 g/mol. The number of ether oxygens (including phenoxy) is 1. The third-order valence-electron chi connectivity index (χ3n) is 5.52. The smallest absolute Gasteiger partial charge is 0.339 e. The number of benzene rings is 2. The van der Waals surface area contributed by atoms with Crippen LogP contribution < -0.4 is 9.64 Å². The van der Waals surface area contributed by atoms with E-state index in [1.165, 1.54) is 11.1 Å². The van der Waals surface area contributed by atoms with E-state index in [4.69, 9.17) is 4.74 Å². The Labute approximate surface area is 182 Å². The molecule has 0 saturated carbocycles. The third-order valence-corrected chi connectivity index (χ3v) is 5.52. The molecular formula is C25H27N3O3. The zero-order valence-corrected chi connectivity index (χ0v) is 17.7. The number of nitrogens with zero attached hydrogens (tertiary/aromatic N) is 3. The van der Waals surface area contributed by atoms with E-state index in [-0.39, 0.29) is 5.56 Å². The van der Waals surface area contributed by atoms with Gasteiger partial charge in [0.05, 0.1) is 0 Å². The van der Waals surface area contributed by atoms with Crippen molar-refractivity contribution in [1.82, 2.24) is 9.88 Å². The first-order valence-corrected chi connectivity index (χ1v) is 10.5. The molecule has 0 atom stereocenters. The van der Waals surface area contributed by atoms with Crippen molar-refractivity contribution in [3.05, 3.63) is 89.1 Å². The van der Waals surface area contributed by atoms with Gasteiger partial charge in [0, 0.05) is 38.9 Å². The van der Waals surface area contributed by atoms with Gasteiger partial charge in [0.25, 0.3) is 0 Å². The molecule has 6 nitrogen and oxygen atoms in total. The standard InChI is InChI=1S/C25H27N3O3/c1-19-7-9-20(10-8-19)18-31-22-5-2-4-21(16-22)17-27-12-14-28(15-13-27)24-23(25(29)30)6-3-11-26-24/h2-11,16H,12-15,17-18H2,1H3,(H,29,30). The van der Waals surface area contributed by atoms with Gasteiger partial charge < -0.3 is 14.7 Å². The molecule has 0 bridgehead atoms. The molecule has 0 radical (unpaired) electrons. The molecule has 0 unspecified atom stereocenters. The lowest BCUT2D eigenvalue weighted by atomic mass is 10.1. The zero-order valence-electron chi connectivity index (χ0n) is 17.7. The summed E-state index contributed by atoms with van der Waals surface area (Å²) >= 11 is 0. The molecule has 1 fully saturated rings. The van der Waals surface area contributed by atoms with Gasteiger partial charge in [-0.2, -0.15) is 0 Å². The minimum absolute atomic E-state index is 0.259. The van der Waals surface area contributed by atoms with Gasteiger partial charge in [-0.15, -0.1) is 0 Å². The van der Waals surface area contributed by atoms with E-state index in [0.717, 1.165) is 44.0 Å². The highest BCUT2D eigenvalue weighted by Crippen LogP contribution is 2.21. The Hall–Kier alpha value is -3.38. The molecule has 1 aliphatic heterocycles. The number of aryl methyl sites for hydroxylation is 1. The van der Waals surface area contributed by atoms with Crippen LogP contribution in [-0.2, 0) is 13.2 Å². The molecule has 2 aromatic carbocycles. The van der Waals surface area contributed by atoms with Crippen molar-refractivity contribution in [3.8, 4) is 5.75 Å². The number of anilines is 1. The Morgan fingerprint density at radius 2 is 1.77 bits per heavy atom. The summed E-state index contributed by atoms with van der Waals surface area (Å²) in [5, 5.41) is 9.41. The molecular weight excluding hydrogens is 390 g/mol. The molecule has 1 aliphatic rings. The van der Waals surface area contributed by atoms with E-state index in [0.29, 0.717) is 12.4 Å². The van der Waals surface area contributed by atoms with Crippen molar-refractivity contribution >= 4 is 11.8 Å². The summed E-state index contributed by atoms with van der Waals surface area (Å²) in [6.07, 6.45) is 1.65. The van der Waals surface area contributed by atoms with Crippen LogP contribution in [0.2, 0.25) is 0 Å². The SMILES string of the molecule is Cc1ccc(COc2cccc(CN3CCN(c4ncccc4C(=O)O)CC3)c2)cc1. The zero-order chi connectivity index (χ0) is 21.6. The lowest BCUT2D eigenvalue weighted by molar-refractivity contribution is 0.0697. The van der Waals surface area contributed by atoms with Crippen LogP contribution in [0.25, 0.3) is 0 Å². The van der Waals surface area contributed by atoms with Crippen LogP contribution in [0.1, 0.15) is 27.0 Å². The summed E-state index contributed by atoms with van der Waals surface area (Å²) in [7, 11) is 0. The highest BCUT2D eigenvalue weighted by molar-refractivity contribution is 5.93. The van der Waals surface area contributed by atoms with Crippen LogP contribution >= 0.6 is 0 Å². The Kier molecular flexibility index (Phi) is 6.48. The van der Waals surface area contributed by atoms with Gasteiger partial charge in [-0.25, -0.2) is 9.78 Å². The third kappa shape index (κ3) is 5.41. The molecule has 4 rings (SSSR count). The Morgan fingerprint density at radius 3 is 2.52 bits per heavy atom. The second kappa shape index (κ2) is 9.62. The predicted molar refractivity (Wildman–Crippen MR) is 121 cm³/mol. The number of carboxylic acid groups (broad SMARTS) is 1. The second-order valence-electron chi connectivity index (χ2n) is 7.86. The molecule has 0 amide bonds. The molecule has 0 spiro atoms. The minimum atomic E-state index is -0.937. The molecule has 6 heteroatoms. The normalized spacial score (nSPS) is 14.4. The van der Waals surface area contributed by atoms with E-state index >= 15 is 0 Å². The lowest BCUT2D eigenvalue weighted by Gasteiger charge is -2.35. The maximum atomic E-state index is 11.5. The molecule has 3 aromatic rings. The maximum Gasteiger partial charge on any atom is 0.339 e. The largest absolute Gasteiger partial charge is 0.489 e. The van der Waals surface area contributed by atoms with Gasteiger partial charge in [-0.1, -0.05) is 42.0 Å². The molecule has 160 valence electrons. The summed E-state index contributed by atoms with van der Waals surface area (Å²) in [6.45, 7) is 6.67. The maximum absolute atomic E-state index is 11.5. The van der Waals surface area contributed by atoms with Crippen LogP contribution in [0, 0.1) is 6.92 Å². The van der Waals surface area contributed by atoms with E-state index in [1.54, 1.807) is 18.3 Å². The minimum Gasteiger partial charge on any atom is -0.489 e. The average Bonchev–Trinajstić information content (AvgIpc) is 2.79. The van der Waals surface area contributed by atoms with Crippen LogP contribution in [0.5, 0.6) is 5.75 Å². The van der Waals surface area contributed by atoms with E-state index in [1.807, 2.05) is 12.1 Å². The number of aromatic nitrogens is 1. The number of pyridine rings is 1. The second-order valence-corrected chi connectivity index (χ2v) is 7.86. The predicted octanol–water partition coefficient (Wildman–Crippen LogP) is 3.99. The first-order valence-electron chi connectivity index (χ1n) is 10.5. The molecule has 0 aliphatic carbocycles. The highest BCUT2D eigenvalue weighted by Gasteiger charge is 2.22. The van der Waals surface area contributed by atoms with Gasteiger partial charge in [0.1, 0.15) is 23.7 Å². The van der Waals surface area contributed by atoms with E-state index < -0.39 is 5.97 Å². The van der Waals surface area contributed by atoms with Crippen LogP contribution in [0.4, 0.5) is 5.82 Å².